The first-order chi connectivity index (χ1) is 10.00. The van der Waals surface area contributed by atoms with Crippen LogP contribution >= 0.6 is 0 Å². The summed E-state index contributed by atoms with van der Waals surface area (Å²) in [4.78, 5) is 14.9. The molecule has 0 aromatic carbocycles. The predicted octanol–water partition coefficient (Wildman–Crippen LogP) is 1.75. The summed E-state index contributed by atoms with van der Waals surface area (Å²) in [6.45, 7) is 3.16. The fraction of sp³-hybridized carbons (Fsp3) is 0.941. The maximum Gasteiger partial charge on any atom is 0.224 e. The van der Waals surface area contributed by atoms with Crippen molar-refractivity contribution < 1.29 is 4.79 Å². The van der Waals surface area contributed by atoms with E-state index in [0.717, 1.165) is 18.9 Å². The van der Waals surface area contributed by atoms with E-state index in [1.165, 1.54) is 38.5 Å². The smallest absolute Gasteiger partial charge is 0.224 e. The van der Waals surface area contributed by atoms with Gasteiger partial charge in [0, 0.05) is 24.2 Å². The Morgan fingerprint density at radius 3 is 2.71 bits per heavy atom. The minimum Gasteiger partial charge on any atom is -0.354 e. The Morgan fingerprint density at radius 2 is 2.14 bits per heavy atom. The third kappa shape index (κ3) is 2.98. The van der Waals surface area contributed by atoms with Crippen LogP contribution in [-0.2, 0) is 4.79 Å². The molecule has 0 aromatic rings. The summed E-state index contributed by atoms with van der Waals surface area (Å²) in [5, 5.41) is 6.87. The van der Waals surface area contributed by atoms with Crippen LogP contribution < -0.4 is 10.6 Å². The molecule has 2 N–H and O–H groups in total. The quantitative estimate of drug-likeness (QED) is 0.830. The summed E-state index contributed by atoms with van der Waals surface area (Å²) in [6.07, 6.45) is 8.51. The largest absolute Gasteiger partial charge is 0.354 e. The van der Waals surface area contributed by atoms with Gasteiger partial charge in [-0.1, -0.05) is 19.8 Å². The van der Waals surface area contributed by atoms with E-state index in [0.29, 0.717) is 12.1 Å². The minimum atomic E-state index is 0.165. The molecule has 3 fully saturated rings. The summed E-state index contributed by atoms with van der Waals surface area (Å²) in [6, 6.07) is 1.04. The monoisotopic (exact) mass is 293 g/mol. The van der Waals surface area contributed by atoms with Crippen molar-refractivity contribution >= 4 is 5.91 Å². The molecule has 0 aromatic heterocycles. The second kappa shape index (κ2) is 5.88. The molecule has 1 saturated carbocycles. The van der Waals surface area contributed by atoms with Gasteiger partial charge in [-0.25, -0.2) is 0 Å². The molecule has 4 nitrogen and oxygen atoms in total. The molecule has 120 valence electrons. The van der Waals surface area contributed by atoms with Gasteiger partial charge in [0.2, 0.25) is 5.91 Å². The molecule has 2 heterocycles. The molecule has 2 bridgehead atoms. The number of nitrogens with one attached hydrogen (secondary N) is 2. The van der Waals surface area contributed by atoms with Gasteiger partial charge < -0.3 is 15.5 Å². The number of fused-ring (bicyclic) bond motifs is 2. The number of hydrogen-bond donors (Lipinski definition) is 2. The Labute approximate surface area is 129 Å². The number of carbonyl (C=O) groups excluding carboxylic acids is 1. The van der Waals surface area contributed by atoms with E-state index in [1.807, 2.05) is 0 Å². The third-order valence-electron chi connectivity index (χ3n) is 6.24. The number of likely N-dealkylation sites (N-methyl/N-ethyl adjacent to an activating group) is 1. The summed E-state index contributed by atoms with van der Waals surface area (Å²) in [5.74, 6) is 1.26. The highest BCUT2D eigenvalue weighted by Crippen LogP contribution is 2.36. The van der Waals surface area contributed by atoms with E-state index in [1.54, 1.807) is 0 Å². The topological polar surface area (TPSA) is 44.4 Å². The van der Waals surface area contributed by atoms with Crippen LogP contribution in [0.2, 0.25) is 0 Å². The van der Waals surface area contributed by atoms with Gasteiger partial charge in [-0.3, -0.25) is 4.79 Å². The lowest BCUT2D eigenvalue weighted by molar-refractivity contribution is -0.126. The minimum absolute atomic E-state index is 0.165. The molecule has 21 heavy (non-hydrogen) atoms. The van der Waals surface area contributed by atoms with Crippen LogP contribution in [0.15, 0.2) is 0 Å². The first-order valence-electron chi connectivity index (χ1n) is 8.71. The summed E-state index contributed by atoms with van der Waals surface area (Å²) in [5.41, 5.74) is 0.165. The SMILES string of the molecule is CC1CCCC(CNC(=O)C2CC3CCC2N3)(N(C)C)C1. The van der Waals surface area contributed by atoms with E-state index < -0.39 is 0 Å². The predicted molar refractivity (Wildman–Crippen MR) is 85.1 cm³/mol. The molecular formula is C17H31N3O. The molecular weight excluding hydrogens is 262 g/mol. The molecule has 5 unspecified atom stereocenters. The van der Waals surface area contributed by atoms with Crippen LogP contribution in [0.5, 0.6) is 0 Å². The van der Waals surface area contributed by atoms with Crippen molar-refractivity contribution in [3.05, 3.63) is 0 Å². The maximum absolute atomic E-state index is 12.6. The average molecular weight is 293 g/mol. The third-order valence-corrected chi connectivity index (χ3v) is 6.24. The number of carbonyl (C=O) groups is 1. The zero-order valence-corrected chi connectivity index (χ0v) is 13.8. The van der Waals surface area contributed by atoms with Gasteiger partial charge in [0.1, 0.15) is 0 Å². The van der Waals surface area contributed by atoms with Crippen molar-refractivity contribution in [2.75, 3.05) is 20.6 Å². The van der Waals surface area contributed by atoms with Crippen molar-refractivity contribution in [3.8, 4) is 0 Å². The lowest BCUT2D eigenvalue weighted by Crippen LogP contribution is -2.56. The van der Waals surface area contributed by atoms with E-state index in [2.05, 4.69) is 36.6 Å². The van der Waals surface area contributed by atoms with Crippen LogP contribution in [-0.4, -0.2) is 49.1 Å². The van der Waals surface area contributed by atoms with E-state index in [9.17, 15) is 4.79 Å². The summed E-state index contributed by atoms with van der Waals surface area (Å²) < 4.78 is 0. The number of amides is 1. The number of nitrogens with zero attached hydrogens (tertiary/aromatic N) is 1. The second-order valence-electron chi connectivity index (χ2n) is 7.93. The molecule has 2 saturated heterocycles. The summed E-state index contributed by atoms with van der Waals surface area (Å²) in [7, 11) is 4.34. The Bertz CT molecular complexity index is 397. The first kappa shape index (κ1) is 15.3. The van der Waals surface area contributed by atoms with Gasteiger partial charge >= 0.3 is 0 Å². The van der Waals surface area contributed by atoms with Crippen molar-refractivity contribution in [1.29, 1.82) is 0 Å². The number of rotatable bonds is 4. The fourth-order valence-corrected chi connectivity index (χ4v) is 4.85. The Hall–Kier alpha value is -0.610. The Balaban J connectivity index is 1.58. The molecule has 4 heteroatoms. The van der Waals surface area contributed by atoms with Gasteiger partial charge in [-0.15, -0.1) is 0 Å². The van der Waals surface area contributed by atoms with E-state index in [4.69, 9.17) is 0 Å². The Kier molecular flexibility index (Phi) is 4.28. The maximum atomic E-state index is 12.6. The lowest BCUT2D eigenvalue weighted by atomic mass is 9.75. The molecule has 0 spiro atoms. The summed E-state index contributed by atoms with van der Waals surface area (Å²) >= 11 is 0. The highest BCUT2D eigenvalue weighted by molar-refractivity contribution is 5.80. The van der Waals surface area contributed by atoms with E-state index in [-0.39, 0.29) is 17.4 Å². The van der Waals surface area contributed by atoms with Crippen LogP contribution in [0.3, 0.4) is 0 Å². The van der Waals surface area contributed by atoms with Crippen molar-refractivity contribution in [2.24, 2.45) is 11.8 Å². The van der Waals surface area contributed by atoms with Crippen molar-refractivity contribution in [1.82, 2.24) is 15.5 Å². The molecule has 5 atom stereocenters. The highest BCUT2D eigenvalue weighted by atomic mass is 16.2. The second-order valence-corrected chi connectivity index (χ2v) is 7.93. The normalized spacial score (nSPS) is 42.5. The van der Waals surface area contributed by atoms with Crippen LogP contribution in [0.4, 0.5) is 0 Å². The van der Waals surface area contributed by atoms with Crippen molar-refractivity contribution in [2.45, 2.75) is 69.5 Å². The van der Waals surface area contributed by atoms with E-state index >= 15 is 0 Å². The lowest BCUT2D eigenvalue weighted by Gasteiger charge is -2.45. The van der Waals surface area contributed by atoms with Crippen LogP contribution in [0, 0.1) is 11.8 Å². The van der Waals surface area contributed by atoms with Gasteiger partial charge in [0.25, 0.3) is 0 Å². The molecule has 1 amide bonds. The number of hydrogen-bond acceptors (Lipinski definition) is 3. The van der Waals surface area contributed by atoms with Crippen LogP contribution in [0.1, 0.15) is 51.9 Å². The fourth-order valence-electron chi connectivity index (χ4n) is 4.85. The standard InChI is InChI=1S/C17H31N3O/c1-12-5-4-8-17(10-12,20(2)3)11-18-16(21)14-9-13-6-7-15(14)19-13/h12-15,19H,4-11H2,1-3H3,(H,18,21). The molecule has 2 aliphatic heterocycles. The van der Waals surface area contributed by atoms with Gasteiger partial charge in [-0.2, -0.15) is 0 Å². The average Bonchev–Trinajstić information content (AvgIpc) is 3.07. The highest BCUT2D eigenvalue weighted by Gasteiger charge is 2.44. The van der Waals surface area contributed by atoms with Gasteiger partial charge in [0.15, 0.2) is 0 Å². The molecule has 3 rings (SSSR count). The first-order valence-corrected chi connectivity index (χ1v) is 8.71. The zero-order chi connectivity index (χ0) is 15.0. The Morgan fingerprint density at radius 1 is 1.33 bits per heavy atom. The van der Waals surface area contributed by atoms with Gasteiger partial charge in [-0.05, 0) is 52.1 Å². The molecule has 3 aliphatic rings. The molecule has 1 aliphatic carbocycles. The molecule has 0 radical (unpaired) electrons. The zero-order valence-electron chi connectivity index (χ0n) is 13.8. The van der Waals surface area contributed by atoms with Crippen molar-refractivity contribution in [3.63, 3.8) is 0 Å². The van der Waals surface area contributed by atoms with Crippen LogP contribution in [0.25, 0.3) is 0 Å². The van der Waals surface area contributed by atoms with Gasteiger partial charge in [0.05, 0.1) is 5.92 Å².